The minimum Gasteiger partial charge on any atom is -0.377 e. The maximum atomic E-state index is 6.01. The smallest absolute Gasteiger partial charge is 0.0729 e. The zero-order valence-corrected chi connectivity index (χ0v) is 7.55. The quantitative estimate of drug-likeness (QED) is 0.674. The van der Waals surface area contributed by atoms with Crippen LogP contribution in [-0.4, -0.2) is 18.8 Å². The molecule has 1 aliphatic heterocycles. The van der Waals surface area contributed by atoms with Crippen LogP contribution in [0.1, 0.15) is 33.1 Å². The van der Waals surface area contributed by atoms with Crippen molar-refractivity contribution in [1.82, 2.24) is 0 Å². The minimum atomic E-state index is 0.252. The molecule has 1 rings (SSSR count). The molecule has 0 spiro atoms. The molecule has 1 fully saturated rings. The number of hydrogen-bond acceptors (Lipinski definition) is 2. The van der Waals surface area contributed by atoms with Gasteiger partial charge in [-0.1, -0.05) is 20.3 Å². The number of ether oxygens (including phenoxy) is 1. The van der Waals surface area contributed by atoms with Gasteiger partial charge in [0, 0.05) is 12.6 Å². The Balaban J connectivity index is 2.32. The third-order valence-electron chi connectivity index (χ3n) is 2.70. The molecule has 1 saturated heterocycles. The van der Waals surface area contributed by atoms with Gasteiger partial charge in [0.15, 0.2) is 0 Å². The minimum absolute atomic E-state index is 0.252. The van der Waals surface area contributed by atoms with E-state index in [4.69, 9.17) is 10.5 Å². The fourth-order valence-corrected chi connectivity index (χ4v) is 1.54. The molecule has 2 heteroatoms. The molecule has 0 bridgehead atoms. The lowest BCUT2D eigenvalue weighted by Gasteiger charge is -2.23. The molecule has 2 nitrogen and oxygen atoms in total. The highest BCUT2D eigenvalue weighted by molar-refractivity contribution is 4.80. The maximum Gasteiger partial charge on any atom is 0.0729 e. The zero-order valence-electron chi connectivity index (χ0n) is 7.55. The van der Waals surface area contributed by atoms with Crippen molar-refractivity contribution < 1.29 is 4.74 Å². The Morgan fingerprint density at radius 1 is 1.64 bits per heavy atom. The van der Waals surface area contributed by atoms with Crippen molar-refractivity contribution in [3.63, 3.8) is 0 Å². The predicted octanol–water partition coefficient (Wildman–Crippen LogP) is 1.54. The number of rotatable bonds is 3. The van der Waals surface area contributed by atoms with Gasteiger partial charge in [0.1, 0.15) is 0 Å². The summed E-state index contributed by atoms with van der Waals surface area (Å²) in [6.07, 6.45) is 3.84. The second kappa shape index (κ2) is 4.07. The molecule has 0 aromatic carbocycles. The molecule has 0 aromatic heterocycles. The van der Waals surface area contributed by atoms with Crippen LogP contribution >= 0.6 is 0 Å². The molecule has 66 valence electrons. The molecule has 0 radical (unpaired) electrons. The molecule has 0 aliphatic carbocycles. The Bertz CT molecular complexity index is 110. The maximum absolute atomic E-state index is 6.01. The van der Waals surface area contributed by atoms with Gasteiger partial charge in [0.05, 0.1) is 6.10 Å². The standard InChI is InChI=1S/C9H19NO/c1-3-7(2)9(10)8-5-4-6-11-8/h7-9H,3-6,10H2,1-2H3. The summed E-state index contributed by atoms with van der Waals surface area (Å²) in [5.74, 6) is 0.595. The molecule has 1 aliphatic rings. The summed E-state index contributed by atoms with van der Waals surface area (Å²) < 4.78 is 5.51. The molecule has 2 N–H and O–H groups in total. The van der Waals surface area contributed by atoms with Crippen LogP contribution in [0.3, 0.4) is 0 Å². The first-order valence-electron chi connectivity index (χ1n) is 4.63. The Morgan fingerprint density at radius 3 is 2.82 bits per heavy atom. The molecule has 0 aromatic rings. The van der Waals surface area contributed by atoms with Crippen LogP contribution < -0.4 is 5.73 Å². The van der Waals surface area contributed by atoms with Crippen LogP contribution in [0, 0.1) is 5.92 Å². The molecule has 3 unspecified atom stereocenters. The molecule has 0 saturated carbocycles. The lowest BCUT2D eigenvalue weighted by molar-refractivity contribution is 0.0737. The van der Waals surface area contributed by atoms with E-state index in [1.54, 1.807) is 0 Å². The normalized spacial score (nSPS) is 30.3. The van der Waals surface area contributed by atoms with Crippen LogP contribution in [0.5, 0.6) is 0 Å². The average Bonchev–Trinajstić information content (AvgIpc) is 2.53. The monoisotopic (exact) mass is 157 g/mol. The fourth-order valence-electron chi connectivity index (χ4n) is 1.54. The van der Waals surface area contributed by atoms with E-state index in [2.05, 4.69) is 13.8 Å². The molecule has 0 amide bonds. The van der Waals surface area contributed by atoms with Crippen molar-refractivity contribution in [3.05, 3.63) is 0 Å². The van der Waals surface area contributed by atoms with Gasteiger partial charge in [-0.3, -0.25) is 0 Å². The van der Waals surface area contributed by atoms with Crippen molar-refractivity contribution in [2.75, 3.05) is 6.61 Å². The number of nitrogens with two attached hydrogens (primary N) is 1. The summed E-state index contributed by atoms with van der Waals surface area (Å²) in [5, 5.41) is 0. The first-order chi connectivity index (χ1) is 5.25. The van der Waals surface area contributed by atoms with E-state index >= 15 is 0 Å². The SMILES string of the molecule is CCC(C)C(N)C1CCCO1. The van der Waals surface area contributed by atoms with Crippen LogP contribution in [0.15, 0.2) is 0 Å². The lowest BCUT2D eigenvalue weighted by Crippen LogP contribution is -2.39. The van der Waals surface area contributed by atoms with E-state index in [9.17, 15) is 0 Å². The van der Waals surface area contributed by atoms with Gasteiger partial charge in [-0.15, -0.1) is 0 Å². The number of hydrogen-bond donors (Lipinski definition) is 1. The van der Waals surface area contributed by atoms with Gasteiger partial charge >= 0.3 is 0 Å². The Labute approximate surface area is 69.1 Å². The third-order valence-corrected chi connectivity index (χ3v) is 2.70. The van der Waals surface area contributed by atoms with E-state index in [1.165, 1.54) is 6.42 Å². The van der Waals surface area contributed by atoms with E-state index in [-0.39, 0.29) is 6.04 Å². The predicted molar refractivity (Wildman–Crippen MR) is 46.4 cm³/mol. The van der Waals surface area contributed by atoms with Crippen LogP contribution in [0.4, 0.5) is 0 Å². The lowest BCUT2D eigenvalue weighted by atomic mass is 9.94. The topological polar surface area (TPSA) is 35.2 Å². The highest BCUT2D eigenvalue weighted by atomic mass is 16.5. The third kappa shape index (κ3) is 2.17. The fraction of sp³-hybridized carbons (Fsp3) is 1.00. The van der Waals surface area contributed by atoms with Crippen molar-refractivity contribution in [3.8, 4) is 0 Å². The van der Waals surface area contributed by atoms with E-state index in [0.29, 0.717) is 12.0 Å². The summed E-state index contributed by atoms with van der Waals surface area (Å²) in [6, 6.07) is 0.252. The Hall–Kier alpha value is -0.0800. The first-order valence-corrected chi connectivity index (χ1v) is 4.63. The molecular formula is C9H19NO. The van der Waals surface area contributed by atoms with Crippen LogP contribution in [-0.2, 0) is 4.74 Å². The van der Waals surface area contributed by atoms with Gasteiger partial charge in [-0.25, -0.2) is 0 Å². The van der Waals surface area contributed by atoms with Crippen LogP contribution in [0.25, 0.3) is 0 Å². The van der Waals surface area contributed by atoms with Gasteiger partial charge in [-0.05, 0) is 18.8 Å². The molecular weight excluding hydrogens is 138 g/mol. The van der Waals surface area contributed by atoms with Crippen molar-refractivity contribution in [2.24, 2.45) is 11.7 Å². The summed E-state index contributed by atoms with van der Waals surface area (Å²) in [5.41, 5.74) is 6.01. The highest BCUT2D eigenvalue weighted by Gasteiger charge is 2.25. The van der Waals surface area contributed by atoms with Crippen molar-refractivity contribution >= 4 is 0 Å². The van der Waals surface area contributed by atoms with E-state index in [1.807, 2.05) is 0 Å². The van der Waals surface area contributed by atoms with Gasteiger partial charge in [0.25, 0.3) is 0 Å². The molecule has 3 atom stereocenters. The van der Waals surface area contributed by atoms with Crippen molar-refractivity contribution in [2.45, 2.75) is 45.3 Å². The van der Waals surface area contributed by atoms with Gasteiger partial charge in [-0.2, -0.15) is 0 Å². The molecule has 1 heterocycles. The summed E-state index contributed by atoms with van der Waals surface area (Å²) >= 11 is 0. The second-order valence-corrected chi connectivity index (χ2v) is 3.51. The summed E-state index contributed by atoms with van der Waals surface area (Å²) in [7, 11) is 0. The van der Waals surface area contributed by atoms with E-state index < -0.39 is 0 Å². The van der Waals surface area contributed by atoms with Gasteiger partial charge < -0.3 is 10.5 Å². The Morgan fingerprint density at radius 2 is 2.36 bits per heavy atom. The molecule has 11 heavy (non-hydrogen) atoms. The van der Waals surface area contributed by atoms with Crippen molar-refractivity contribution in [1.29, 1.82) is 0 Å². The first kappa shape index (κ1) is 9.01. The average molecular weight is 157 g/mol. The largest absolute Gasteiger partial charge is 0.377 e. The van der Waals surface area contributed by atoms with Gasteiger partial charge in [0.2, 0.25) is 0 Å². The zero-order chi connectivity index (χ0) is 8.27. The summed E-state index contributed by atoms with van der Waals surface area (Å²) in [4.78, 5) is 0. The highest BCUT2D eigenvalue weighted by Crippen LogP contribution is 2.20. The van der Waals surface area contributed by atoms with E-state index in [0.717, 1.165) is 19.4 Å². The Kier molecular flexibility index (Phi) is 3.34. The summed E-state index contributed by atoms with van der Waals surface area (Å²) in [6.45, 7) is 5.29. The van der Waals surface area contributed by atoms with Crippen LogP contribution in [0.2, 0.25) is 0 Å². The second-order valence-electron chi connectivity index (χ2n) is 3.51.